The van der Waals surface area contributed by atoms with Gasteiger partial charge in [0, 0.05) is 0 Å². The molecule has 3 aliphatic rings. The van der Waals surface area contributed by atoms with E-state index in [0.29, 0.717) is 11.3 Å². The number of allylic oxidation sites excluding steroid dienone is 2. The van der Waals surface area contributed by atoms with Gasteiger partial charge in [-0.05, 0) is 53.9 Å². The fraction of sp³-hybridized carbons (Fsp3) is 0.800. The van der Waals surface area contributed by atoms with Gasteiger partial charge in [0.05, 0.1) is 0 Å². The van der Waals surface area contributed by atoms with E-state index >= 15 is 0 Å². The van der Waals surface area contributed by atoms with Gasteiger partial charge in [-0.3, -0.25) is 4.79 Å². The minimum atomic E-state index is 0.553. The lowest BCUT2D eigenvalue weighted by atomic mass is 9.43. The first-order chi connectivity index (χ1) is 7.50. The lowest BCUT2D eigenvalue weighted by molar-refractivity contribution is -0.118. The van der Waals surface area contributed by atoms with Crippen LogP contribution in [0, 0.1) is 29.1 Å². The van der Waals surface area contributed by atoms with Crippen molar-refractivity contribution >= 4 is 6.29 Å². The van der Waals surface area contributed by atoms with Crippen LogP contribution in [0.4, 0.5) is 0 Å². The first-order valence-electron chi connectivity index (χ1n) is 6.66. The van der Waals surface area contributed by atoms with Gasteiger partial charge in [0.2, 0.25) is 0 Å². The van der Waals surface area contributed by atoms with Crippen LogP contribution in [0.5, 0.6) is 0 Å². The summed E-state index contributed by atoms with van der Waals surface area (Å²) >= 11 is 0. The third-order valence-corrected chi connectivity index (χ3v) is 5.40. The van der Waals surface area contributed by atoms with Crippen LogP contribution in [0.1, 0.15) is 47.0 Å². The van der Waals surface area contributed by atoms with Crippen LogP contribution in [-0.4, -0.2) is 6.29 Å². The SMILES string of the molecule is CCC(C=O)=CC1CC2CC(C1C)C2(C)C. The van der Waals surface area contributed by atoms with Crippen molar-refractivity contribution < 1.29 is 4.79 Å². The Bertz CT molecular complexity index is 313. The number of hydrogen-bond donors (Lipinski definition) is 0. The molecule has 0 N–H and O–H groups in total. The van der Waals surface area contributed by atoms with Gasteiger partial charge in [-0.15, -0.1) is 0 Å². The van der Waals surface area contributed by atoms with Crippen LogP contribution in [0.3, 0.4) is 0 Å². The third-order valence-electron chi connectivity index (χ3n) is 5.40. The molecule has 0 amide bonds. The van der Waals surface area contributed by atoms with Crippen LogP contribution >= 0.6 is 0 Å². The molecule has 0 aromatic rings. The number of carbonyl (C=O) groups is 1. The average Bonchev–Trinajstić information content (AvgIpc) is 2.26. The molecule has 16 heavy (non-hydrogen) atoms. The maximum Gasteiger partial charge on any atom is 0.145 e. The minimum absolute atomic E-state index is 0.553. The first-order valence-corrected chi connectivity index (χ1v) is 6.66. The largest absolute Gasteiger partial charge is 0.298 e. The molecule has 0 saturated heterocycles. The molecule has 4 unspecified atom stereocenters. The highest BCUT2D eigenvalue weighted by Gasteiger charge is 2.55. The Hall–Kier alpha value is -0.590. The van der Waals surface area contributed by atoms with Crippen molar-refractivity contribution in [2.75, 3.05) is 0 Å². The van der Waals surface area contributed by atoms with E-state index in [4.69, 9.17) is 0 Å². The number of carbonyl (C=O) groups excluding carboxylic acids is 1. The average molecular weight is 220 g/mol. The highest BCUT2D eigenvalue weighted by atomic mass is 16.1. The van der Waals surface area contributed by atoms with E-state index in [2.05, 4.69) is 33.8 Å². The van der Waals surface area contributed by atoms with Gasteiger partial charge in [-0.1, -0.05) is 33.8 Å². The summed E-state index contributed by atoms with van der Waals surface area (Å²) < 4.78 is 0. The second-order valence-electron chi connectivity index (χ2n) is 6.33. The summed E-state index contributed by atoms with van der Waals surface area (Å²) in [6.07, 6.45) is 6.89. The molecule has 0 spiro atoms. The fourth-order valence-corrected chi connectivity index (χ4v) is 3.93. The van der Waals surface area contributed by atoms with Crippen molar-refractivity contribution in [1.82, 2.24) is 0 Å². The number of aldehydes is 1. The molecule has 0 aromatic carbocycles. The summed E-state index contributed by atoms with van der Waals surface area (Å²) in [6, 6.07) is 0. The summed E-state index contributed by atoms with van der Waals surface area (Å²) in [7, 11) is 0. The van der Waals surface area contributed by atoms with Gasteiger partial charge in [0.25, 0.3) is 0 Å². The molecule has 0 heterocycles. The zero-order valence-corrected chi connectivity index (χ0v) is 11.0. The minimum Gasteiger partial charge on any atom is -0.298 e. The quantitative estimate of drug-likeness (QED) is 0.521. The Labute approximate surface area is 99.3 Å². The molecule has 4 atom stereocenters. The van der Waals surface area contributed by atoms with Crippen molar-refractivity contribution in [3.8, 4) is 0 Å². The van der Waals surface area contributed by atoms with Gasteiger partial charge in [-0.25, -0.2) is 0 Å². The lowest BCUT2D eigenvalue weighted by Crippen LogP contribution is -2.54. The molecule has 3 fully saturated rings. The third kappa shape index (κ3) is 1.65. The van der Waals surface area contributed by atoms with Crippen LogP contribution < -0.4 is 0 Å². The molecule has 3 saturated carbocycles. The van der Waals surface area contributed by atoms with E-state index in [1.807, 2.05) is 0 Å². The second kappa shape index (κ2) is 4.01. The maximum atomic E-state index is 10.9. The zero-order chi connectivity index (χ0) is 11.9. The monoisotopic (exact) mass is 220 g/mol. The van der Waals surface area contributed by atoms with Gasteiger partial charge < -0.3 is 0 Å². The maximum absolute atomic E-state index is 10.9. The van der Waals surface area contributed by atoms with Gasteiger partial charge >= 0.3 is 0 Å². The molecular weight excluding hydrogens is 196 g/mol. The van der Waals surface area contributed by atoms with Crippen LogP contribution in [0.15, 0.2) is 11.6 Å². The topological polar surface area (TPSA) is 17.1 Å². The van der Waals surface area contributed by atoms with Gasteiger partial charge in [-0.2, -0.15) is 0 Å². The Morgan fingerprint density at radius 2 is 2.06 bits per heavy atom. The van der Waals surface area contributed by atoms with Crippen molar-refractivity contribution in [2.45, 2.75) is 47.0 Å². The Morgan fingerprint density at radius 1 is 1.38 bits per heavy atom. The van der Waals surface area contributed by atoms with Gasteiger partial charge in [0.1, 0.15) is 6.29 Å². The van der Waals surface area contributed by atoms with E-state index in [9.17, 15) is 4.79 Å². The smallest absolute Gasteiger partial charge is 0.145 e. The predicted molar refractivity (Wildman–Crippen MR) is 67.1 cm³/mol. The Balaban J connectivity index is 2.11. The molecule has 3 rings (SSSR count). The van der Waals surface area contributed by atoms with E-state index in [-0.39, 0.29) is 0 Å². The van der Waals surface area contributed by atoms with E-state index in [0.717, 1.165) is 36.0 Å². The molecular formula is C15H24O. The summed E-state index contributed by atoms with van der Waals surface area (Å²) in [4.78, 5) is 10.9. The number of fused-ring (bicyclic) bond motifs is 2. The van der Waals surface area contributed by atoms with E-state index in [1.54, 1.807) is 0 Å². The molecule has 0 aliphatic heterocycles. The van der Waals surface area contributed by atoms with Gasteiger partial charge in [0.15, 0.2) is 0 Å². The Morgan fingerprint density at radius 3 is 2.50 bits per heavy atom. The summed E-state index contributed by atoms with van der Waals surface area (Å²) in [6.45, 7) is 9.28. The second-order valence-corrected chi connectivity index (χ2v) is 6.33. The van der Waals surface area contributed by atoms with E-state index in [1.165, 1.54) is 12.8 Å². The normalized spacial score (nSPS) is 41.4. The summed E-state index contributed by atoms with van der Waals surface area (Å²) in [5, 5.41) is 0. The molecule has 0 radical (unpaired) electrons. The zero-order valence-electron chi connectivity index (χ0n) is 11.0. The fourth-order valence-electron chi connectivity index (χ4n) is 3.93. The molecule has 90 valence electrons. The number of rotatable bonds is 3. The molecule has 1 nitrogen and oxygen atoms in total. The van der Waals surface area contributed by atoms with Crippen LogP contribution in [0.2, 0.25) is 0 Å². The molecule has 2 bridgehead atoms. The standard InChI is InChI=1S/C15H24O/c1-5-11(9-16)6-12-7-13-8-14(10(12)2)15(13,3)4/h6,9-10,12-14H,5,7-8H2,1-4H3. The predicted octanol–water partition coefficient (Wildman–Crippen LogP) is 3.84. The Kier molecular flexibility index (Phi) is 2.98. The van der Waals surface area contributed by atoms with Crippen LogP contribution in [-0.2, 0) is 4.79 Å². The van der Waals surface area contributed by atoms with Crippen molar-refractivity contribution in [3.05, 3.63) is 11.6 Å². The highest BCUT2D eigenvalue weighted by molar-refractivity contribution is 5.72. The summed E-state index contributed by atoms with van der Waals surface area (Å²) in [5.41, 5.74) is 1.55. The molecule has 3 aliphatic carbocycles. The van der Waals surface area contributed by atoms with Crippen molar-refractivity contribution in [1.29, 1.82) is 0 Å². The highest BCUT2D eigenvalue weighted by Crippen LogP contribution is 2.63. The van der Waals surface area contributed by atoms with Crippen LogP contribution in [0.25, 0.3) is 0 Å². The molecule has 1 heteroatoms. The first kappa shape index (κ1) is 11.9. The molecule has 0 aromatic heterocycles. The number of hydrogen-bond acceptors (Lipinski definition) is 1. The van der Waals surface area contributed by atoms with Crippen molar-refractivity contribution in [3.63, 3.8) is 0 Å². The lowest BCUT2D eigenvalue weighted by Gasteiger charge is -2.62. The summed E-state index contributed by atoms with van der Waals surface area (Å²) in [5.74, 6) is 3.16. The van der Waals surface area contributed by atoms with E-state index < -0.39 is 0 Å². The van der Waals surface area contributed by atoms with Crippen molar-refractivity contribution in [2.24, 2.45) is 29.1 Å².